The van der Waals surface area contributed by atoms with Crippen LogP contribution >= 0.6 is 0 Å². The van der Waals surface area contributed by atoms with Crippen LogP contribution < -0.4 is 15.0 Å². The van der Waals surface area contributed by atoms with Crippen LogP contribution in [0.25, 0.3) is 10.8 Å². The summed E-state index contributed by atoms with van der Waals surface area (Å²) in [6.07, 6.45) is 5.74. The minimum Gasteiger partial charge on any atom is -0.478 e. The molecule has 1 N–H and O–H groups in total. The molecule has 132 valence electrons. The first-order valence-electron chi connectivity index (χ1n) is 8.51. The molecule has 1 fully saturated rings. The maximum Gasteiger partial charge on any atom is 0.270 e. The summed E-state index contributed by atoms with van der Waals surface area (Å²) in [6, 6.07) is 9.69. The normalized spacial score (nSPS) is 16.7. The maximum absolute atomic E-state index is 12.7. The molecule has 1 aliphatic heterocycles. The SMILES string of the molecule is COc1nccnc1N1CCC(NC(=O)c2nccc3ccccc23)C1. The van der Waals surface area contributed by atoms with Gasteiger partial charge in [-0.15, -0.1) is 0 Å². The highest BCUT2D eigenvalue weighted by molar-refractivity contribution is 6.05. The van der Waals surface area contributed by atoms with E-state index in [1.165, 1.54) is 0 Å². The third-order valence-corrected chi connectivity index (χ3v) is 4.55. The Morgan fingerprint density at radius 2 is 2.00 bits per heavy atom. The van der Waals surface area contributed by atoms with Crippen molar-refractivity contribution < 1.29 is 9.53 Å². The Morgan fingerprint density at radius 1 is 1.15 bits per heavy atom. The van der Waals surface area contributed by atoms with E-state index in [1.807, 2.05) is 30.3 Å². The molecule has 1 aliphatic rings. The summed E-state index contributed by atoms with van der Waals surface area (Å²) in [7, 11) is 1.58. The average molecular weight is 349 g/mol. The lowest BCUT2D eigenvalue weighted by molar-refractivity contribution is 0.0937. The number of nitrogens with zero attached hydrogens (tertiary/aromatic N) is 4. The minimum absolute atomic E-state index is 0.0231. The molecule has 1 atom stereocenters. The first-order valence-corrected chi connectivity index (χ1v) is 8.51. The van der Waals surface area contributed by atoms with Gasteiger partial charge in [0.05, 0.1) is 7.11 Å². The van der Waals surface area contributed by atoms with Crippen LogP contribution in [-0.4, -0.2) is 47.1 Å². The van der Waals surface area contributed by atoms with E-state index in [0.29, 0.717) is 23.9 Å². The summed E-state index contributed by atoms with van der Waals surface area (Å²) in [5.74, 6) is 1.05. The van der Waals surface area contributed by atoms with Crippen molar-refractivity contribution in [3.63, 3.8) is 0 Å². The van der Waals surface area contributed by atoms with Crippen molar-refractivity contribution in [2.24, 2.45) is 0 Å². The van der Waals surface area contributed by atoms with Crippen molar-refractivity contribution in [2.75, 3.05) is 25.1 Å². The number of anilines is 1. The number of hydrogen-bond acceptors (Lipinski definition) is 6. The second-order valence-corrected chi connectivity index (χ2v) is 6.17. The lowest BCUT2D eigenvalue weighted by Crippen LogP contribution is -2.37. The van der Waals surface area contributed by atoms with Crippen LogP contribution in [-0.2, 0) is 0 Å². The molecular weight excluding hydrogens is 330 g/mol. The van der Waals surface area contributed by atoms with Crippen LogP contribution in [0.15, 0.2) is 48.9 Å². The van der Waals surface area contributed by atoms with E-state index in [1.54, 1.807) is 25.7 Å². The van der Waals surface area contributed by atoms with E-state index in [2.05, 4.69) is 25.2 Å². The fourth-order valence-corrected chi connectivity index (χ4v) is 3.30. The fourth-order valence-electron chi connectivity index (χ4n) is 3.30. The lowest BCUT2D eigenvalue weighted by atomic mass is 10.1. The highest BCUT2D eigenvalue weighted by Crippen LogP contribution is 2.26. The van der Waals surface area contributed by atoms with E-state index in [4.69, 9.17) is 4.74 Å². The number of carbonyl (C=O) groups excluding carboxylic acids is 1. The van der Waals surface area contributed by atoms with Crippen molar-refractivity contribution in [1.29, 1.82) is 0 Å². The van der Waals surface area contributed by atoms with Crippen LogP contribution in [0.2, 0.25) is 0 Å². The summed E-state index contributed by atoms with van der Waals surface area (Å²) >= 11 is 0. The Kier molecular flexibility index (Phi) is 4.35. The molecule has 1 amide bonds. The van der Waals surface area contributed by atoms with Gasteiger partial charge in [-0.05, 0) is 17.9 Å². The van der Waals surface area contributed by atoms with Crippen LogP contribution in [0.3, 0.4) is 0 Å². The van der Waals surface area contributed by atoms with Gasteiger partial charge in [0.2, 0.25) is 0 Å². The third kappa shape index (κ3) is 3.03. The van der Waals surface area contributed by atoms with Crippen molar-refractivity contribution in [2.45, 2.75) is 12.5 Å². The number of benzene rings is 1. The number of amides is 1. The second-order valence-electron chi connectivity index (χ2n) is 6.17. The second kappa shape index (κ2) is 6.95. The zero-order valence-corrected chi connectivity index (χ0v) is 14.4. The van der Waals surface area contributed by atoms with Crippen LogP contribution in [0.5, 0.6) is 5.88 Å². The Hall–Kier alpha value is -3.22. The Labute approximate surface area is 151 Å². The first-order chi connectivity index (χ1) is 12.8. The molecular formula is C19H19N5O2. The van der Waals surface area contributed by atoms with Gasteiger partial charge in [0, 0.05) is 43.1 Å². The van der Waals surface area contributed by atoms with Gasteiger partial charge in [0.25, 0.3) is 11.8 Å². The molecule has 1 unspecified atom stereocenters. The number of aromatic nitrogens is 3. The standard InChI is InChI=1S/C19H19N5O2/c1-26-19-17(21-9-10-22-19)24-11-7-14(12-24)23-18(25)16-15-5-3-2-4-13(15)6-8-20-16/h2-6,8-10,14H,7,11-12H2,1H3,(H,23,25). The summed E-state index contributed by atoms with van der Waals surface area (Å²) in [4.78, 5) is 27.6. The predicted octanol–water partition coefficient (Wildman–Crippen LogP) is 2.04. The predicted molar refractivity (Wildman–Crippen MR) is 98.4 cm³/mol. The summed E-state index contributed by atoms with van der Waals surface area (Å²) < 4.78 is 5.28. The molecule has 0 aliphatic carbocycles. The molecule has 1 saturated heterocycles. The van der Waals surface area contributed by atoms with Crippen LogP contribution in [0.4, 0.5) is 5.82 Å². The molecule has 4 rings (SSSR count). The van der Waals surface area contributed by atoms with Gasteiger partial charge in [0.1, 0.15) is 5.69 Å². The number of hydrogen-bond donors (Lipinski definition) is 1. The van der Waals surface area contributed by atoms with Gasteiger partial charge in [-0.2, -0.15) is 0 Å². The van der Waals surface area contributed by atoms with E-state index < -0.39 is 0 Å². The van der Waals surface area contributed by atoms with Gasteiger partial charge in [-0.25, -0.2) is 9.97 Å². The molecule has 1 aromatic carbocycles. The van der Waals surface area contributed by atoms with Crippen LogP contribution in [0, 0.1) is 0 Å². The number of ether oxygens (including phenoxy) is 1. The topological polar surface area (TPSA) is 80.2 Å². The van der Waals surface area contributed by atoms with Crippen LogP contribution in [0.1, 0.15) is 16.9 Å². The first kappa shape index (κ1) is 16.3. The van der Waals surface area contributed by atoms with Gasteiger partial charge in [-0.1, -0.05) is 24.3 Å². The smallest absolute Gasteiger partial charge is 0.270 e. The molecule has 0 radical (unpaired) electrons. The van der Waals surface area contributed by atoms with E-state index in [-0.39, 0.29) is 11.9 Å². The van der Waals surface area contributed by atoms with Gasteiger partial charge >= 0.3 is 0 Å². The molecule has 0 bridgehead atoms. The zero-order chi connectivity index (χ0) is 17.9. The number of nitrogens with one attached hydrogen (secondary N) is 1. The Bertz CT molecular complexity index is 941. The lowest BCUT2D eigenvalue weighted by Gasteiger charge is -2.19. The molecule has 0 spiro atoms. The molecule has 3 aromatic rings. The third-order valence-electron chi connectivity index (χ3n) is 4.55. The largest absolute Gasteiger partial charge is 0.478 e. The number of carbonyl (C=O) groups is 1. The van der Waals surface area contributed by atoms with Gasteiger partial charge in [-0.3, -0.25) is 9.78 Å². The van der Waals surface area contributed by atoms with Crippen molar-refractivity contribution >= 4 is 22.5 Å². The number of rotatable bonds is 4. The van der Waals surface area contributed by atoms with E-state index >= 15 is 0 Å². The monoisotopic (exact) mass is 349 g/mol. The van der Waals surface area contributed by atoms with Crippen molar-refractivity contribution in [1.82, 2.24) is 20.3 Å². The number of fused-ring (bicyclic) bond motifs is 1. The zero-order valence-electron chi connectivity index (χ0n) is 14.4. The highest BCUT2D eigenvalue weighted by atomic mass is 16.5. The Morgan fingerprint density at radius 3 is 2.88 bits per heavy atom. The van der Waals surface area contributed by atoms with E-state index in [0.717, 1.165) is 23.7 Å². The highest BCUT2D eigenvalue weighted by Gasteiger charge is 2.28. The quantitative estimate of drug-likeness (QED) is 0.776. The average Bonchev–Trinajstić information content (AvgIpc) is 3.15. The van der Waals surface area contributed by atoms with Crippen molar-refractivity contribution in [3.05, 3.63) is 54.6 Å². The Balaban J connectivity index is 1.49. The van der Waals surface area contributed by atoms with Gasteiger partial charge < -0.3 is 15.0 Å². The van der Waals surface area contributed by atoms with Crippen molar-refractivity contribution in [3.8, 4) is 5.88 Å². The maximum atomic E-state index is 12.7. The summed E-state index contributed by atoms with van der Waals surface area (Å²) in [6.45, 7) is 1.44. The molecule has 2 aromatic heterocycles. The molecule has 3 heterocycles. The number of methoxy groups -OCH3 is 1. The fraction of sp³-hybridized carbons (Fsp3) is 0.263. The van der Waals surface area contributed by atoms with E-state index in [9.17, 15) is 4.79 Å². The molecule has 7 heteroatoms. The molecule has 7 nitrogen and oxygen atoms in total. The molecule has 0 saturated carbocycles. The minimum atomic E-state index is -0.153. The molecule has 26 heavy (non-hydrogen) atoms. The summed E-state index contributed by atoms with van der Waals surface area (Å²) in [5.41, 5.74) is 0.457. The van der Waals surface area contributed by atoms with Gasteiger partial charge in [0.15, 0.2) is 5.82 Å². The number of pyridine rings is 1. The summed E-state index contributed by atoms with van der Waals surface area (Å²) in [5, 5.41) is 4.96.